The van der Waals surface area contributed by atoms with E-state index in [0.717, 1.165) is 6.07 Å². The highest BCUT2D eigenvalue weighted by Gasteiger charge is 2.34. The molecule has 13 heavy (non-hydrogen) atoms. The molecular weight excluding hydrogens is 187 g/mol. The molecule has 1 atom stereocenters. The summed E-state index contributed by atoms with van der Waals surface area (Å²) in [5.41, 5.74) is 3.95. The summed E-state index contributed by atoms with van der Waals surface area (Å²) in [6, 6.07) is 0.734. The Kier molecular flexibility index (Phi) is 2.58. The number of alkyl halides is 3. The van der Waals surface area contributed by atoms with Gasteiger partial charge in [0.2, 0.25) is 0 Å². The van der Waals surface area contributed by atoms with E-state index < -0.39 is 18.0 Å². The Hall–Kier alpha value is -1.08. The minimum absolute atomic E-state index is 0.0326. The molecule has 7 heteroatoms. The maximum absolute atomic E-state index is 12.0. The molecule has 0 saturated heterocycles. The van der Waals surface area contributed by atoms with Gasteiger partial charge < -0.3 is 10.8 Å². The smallest absolute Gasteiger partial charge is 0.385 e. The van der Waals surface area contributed by atoms with Crippen LogP contribution < -0.4 is 5.73 Å². The van der Waals surface area contributed by atoms with E-state index in [-0.39, 0.29) is 12.2 Å². The van der Waals surface area contributed by atoms with Crippen molar-refractivity contribution in [3.05, 3.63) is 17.5 Å². The van der Waals surface area contributed by atoms with Gasteiger partial charge in [0.05, 0.1) is 5.69 Å². The van der Waals surface area contributed by atoms with Crippen molar-refractivity contribution in [2.45, 2.75) is 12.3 Å². The Morgan fingerprint density at radius 2 is 2.23 bits per heavy atom. The number of rotatable bonds is 2. The van der Waals surface area contributed by atoms with Gasteiger partial charge in [-0.05, 0) is 6.07 Å². The van der Waals surface area contributed by atoms with Crippen molar-refractivity contribution in [1.29, 1.82) is 0 Å². The van der Waals surface area contributed by atoms with Gasteiger partial charge in [-0.15, -0.1) is 0 Å². The second-order valence-corrected chi connectivity index (χ2v) is 2.46. The summed E-state index contributed by atoms with van der Waals surface area (Å²) in [6.07, 6.45) is -5.63. The van der Waals surface area contributed by atoms with Gasteiger partial charge in [-0.25, -0.2) is 0 Å². The molecular formula is C6H8F3N3O. The number of nitrogens with one attached hydrogen (secondary N) is 1. The number of aliphatic hydroxyl groups is 1. The lowest BCUT2D eigenvalue weighted by Crippen LogP contribution is -2.11. The first-order valence-corrected chi connectivity index (χ1v) is 3.45. The summed E-state index contributed by atoms with van der Waals surface area (Å²) in [7, 11) is 0. The summed E-state index contributed by atoms with van der Waals surface area (Å²) < 4.78 is 35.9. The van der Waals surface area contributed by atoms with Crippen LogP contribution in [0.25, 0.3) is 0 Å². The number of aromatic amines is 1. The molecule has 0 fully saturated rings. The van der Waals surface area contributed by atoms with E-state index in [9.17, 15) is 13.2 Å². The van der Waals surface area contributed by atoms with Gasteiger partial charge in [-0.2, -0.15) is 18.3 Å². The molecule has 0 aliphatic heterocycles. The van der Waals surface area contributed by atoms with Crippen molar-refractivity contribution < 1.29 is 18.3 Å². The van der Waals surface area contributed by atoms with Crippen LogP contribution in [0.5, 0.6) is 0 Å². The molecule has 1 aromatic heterocycles. The normalized spacial score (nSPS) is 14.5. The molecule has 1 aromatic rings. The second-order valence-electron chi connectivity index (χ2n) is 2.46. The maximum Gasteiger partial charge on any atom is 0.435 e. The van der Waals surface area contributed by atoms with Gasteiger partial charge in [-0.3, -0.25) is 5.10 Å². The van der Waals surface area contributed by atoms with Crippen LogP contribution in [0.2, 0.25) is 0 Å². The molecule has 0 aliphatic rings. The van der Waals surface area contributed by atoms with Gasteiger partial charge in [-0.1, -0.05) is 0 Å². The number of nitrogens with two attached hydrogens (primary N) is 1. The van der Waals surface area contributed by atoms with Gasteiger partial charge in [0.15, 0.2) is 5.69 Å². The molecule has 0 bridgehead atoms. The second kappa shape index (κ2) is 3.35. The van der Waals surface area contributed by atoms with Gasteiger partial charge in [0.1, 0.15) is 6.10 Å². The average Bonchev–Trinajstić information content (AvgIpc) is 2.50. The number of nitrogens with zero attached hydrogens (tertiary/aromatic N) is 1. The quantitative estimate of drug-likeness (QED) is 0.640. The largest absolute Gasteiger partial charge is 0.435 e. The Morgan fingerprint density at radius 3 is 2.62 bits per heavy atom. The molecule has 74 valence electrons. The van der Waals surface area contributed by atoms with Crippen LogP contribution in [-0.4, -0.2) is 21.8 Å². The van der Waals surface area contributed by atoms with Gasteiger partial charge in [0.25, 0.3) is 0 Å². The summed E-state index contributed by atoms with van der Waals surface area (Å²) >= 11 is 0. The predicted molar refractivity (Wildman–Crippen MR) is 37.6 cm³/mol. The molecule has 1 heterocycles. The zero-order valence-corrected chi connectivity index (χ0v) is 6.47. The minimum atomic E-state index is -4.50. The van der Waals surface area contributed by atoms with E-state index in [1.165, 1.54) is 0 Å². The molecule has 0 amide bonds. The number of hydrogen-bond donors (Lipinski definition) is 3. The van der Waals surface area contributed by atoms with Crippen LogP contribution in [-0.2, 0) is 6.18 Å². The van der Waals surface area contributed by atoms with E-state index in [4.69, 9.17) is 10.8 Å². The zero-order valence-electron chi connectivity index (χ0n) is 6.47. The van der Waals surface area contributed by atoms with E-state index in [2.05, 4.69) is 10.2 Å². The van der Waals surface area contributed by atoms with Crippen LogP contribution in [0, 0.1) is 0 Å². The fourth-order valence-electron chi connectivity index (χ4n) is 0.780. The van der Waals surface area contributed by atoms with Crippen molar-refractivity contribution >= 4 is 0 Å². The Balaban J connectivity index is 2.87. The molecule has 0 radical (unpaired) electrons. The number of H-pyrrole nitrogens is 1. The summed E-state index contributed by atoms with van der Waals surface area (Å²) in [4.78, 5) is 0. The van der Waals surface area contributed by atoms with E-state index in [1.807, 2.05) is 0 Å². The lowest BCUT2D eigenvalue weighted by Gasteiger charge is -2.02. The zero-order chi connectivity index (χ0) is 10.1. The molecule has 0 spiro atoms. The standard InChI is InChI=1S/C6H8F3N3O/c7-6(8,9)5-1-3(11-12-5)4(13)2-10/h1,4,13H,2,10H2,(H,11,12)/t4-/m0/s1. The molecule has 0 aromatic carbocycles. The first-order valence-electron chi connectivity index (χ1n) is 3.45. The fourth-order valence-corrected chi connectivity index (χ4v) is 0.780. The molecule has 4 N–H and O–H groups in total. The van der Waals surface area contributed by atoms with E-state index in [0.29, 0.717) is 0 Å². The number of aliphatic hydroxyl groups excluding tert-OH is 1. The monoisotopic (exact) mass is 195 g/mol. The number of hydrogen-bond acceptors (Lipinski definition) is 3. The Bertz CT molecular complexity index is 283. The first-order chi connectivity index (χ1) is 5.95. The van der Waals surface area contributed by atoms with Crippen molar-refractivity contribution in [3.63, 3.8) is 0 Å². The molecule has 0 saturated carbocycles. The van der Waals surface area contributed by atoms with E-state index in [1.54, 1.807) is 0 Å². The van der Waals surface area contributed by atoms with Crippen LogP contribution >= 0.6 is 0 Å². The highest BCUT2D eigenvalue weighted by molar-refractivity contribution is 5.13. The SMILES string of the molecule is NC[C@H](O)c1cc(C(F)(F)F)n[nH]1. The maximum atomic E-state index is 12.0. The Morgan fingerprint density at radius 1 is 1.62 bits per heavy atom. The Labute approximate surface area is 71.6 Å². The lowest BCUT2D eigenvalue weighted by molar-refractivity contribution is -0.141. The summed E-state index contributed by atoms with van der Waals surface area (Å²) in [5.74, 6) is 0. The van der Waals surface area contributed by atoms with Crippen LogP contribution in [0.4, 0.5) is 13.2 Å². The predicted octanol–water partition coefficient (Wildman–Crippen LogP) is 0.421. The van der Waals surface area contributed by atoms with Crippen molar-refractivity contribution in [2.75, 3.05) is 6.54 Å². The molecule has 1 rings (SSSR count). The van der Waals surface area contributed by atoms with Crippen molar-refractivity contribution in [1.82, 2.24) is 10.2 Å². The highest BCUT2D eigenvalue weighted by atomic mass is 19.4. The lowest BCUT2D eigenvalue weighted by atomic mass is 10.2. The third kappa shape index (κ3) is 2.19. The van der Waals surface area contributed by atoms with Crippen LogP contribution in [0.15, 0.2) is 6.07 Å². The van der Waals surface area contributed by atoms with Crippen molar-refractivity contribution in [3.8, 4) is 0 Å². The average molecular weight is 195 g/mol. The van der Waals surface area contributed by atoms with Gasteiger partial charge in [0, 0.05) is 6.54 Å². The molecule has 4 nitrogen and oxygen atoms in total. The molecule has 0 unspecified atom stereocenters. The van der Waals surface area contributed by atoms with Gasteiger partial charge >= 0.3 is 6.18 Å². The minimum Gasteiger partial charge on any atom is -0.385 e. The number of aromatic nitrogens is 2. The topological polar surface area (TPSA) is 74.9 Å². The fraction of sp³-hybridized carbons (Fsp3) is 0.500. The van der Waals surface area contributed by atoms with Crippen LogP contribution in [0.3, 0.4) is 0 Å². The number of halogens is 3. The highest BCUT2D eigenvalue weighted by Crippen LogP contribution is 2.28. The summed E-state index contributed by atoms with van der Waals surface area (Å²) in [6.45, 7) is -0.153. The third-order valence-electron chi connectivity index (χ3n) is 1.47. The van der Waals surface area contributed by atoms with Crippen LogP contribution in [0.1, 0.15) is 17.5 Å². The first kappa shape index (κ1) is 10.0. The molecule has 0 aliphatic carbocycles. The van der Waals surface area contributed by atoms with Crippen molar-refractivity contribution in [2.24, 2.45) is 5.73 Å². The summed E-state index contributed by atoms with van der Waals surface area (Å²) in [5, 5.41) is 14.1. The third-order valence-corrected chi connectivity index (χ3v) is 1.47. The van der Waals surface area contributed by atoms with E-state index >= 15 is 0 Å².